The molecule has 2 rings (SSSR count). The van der Waals surface area contributed by atoms with Crippen molar-refractivity contribution in [1.82, 2.24) is 4.98 Å². The molecule has 1 heterocycles. The van der Waals surface area contributed by atoms with Crippen molar-refractivity contribution in [3.8, 4) is 0 Å². The zero-order chi connectivity index (χ0) is 11.4. The molecular weight excluding hydrogens is 198 g/mol. The van der Waals surface area contributed by atoms with E-state index in [9.17, 15) is 0 Å². The Bertz CT molecular complexity index is 484. The Labute approximate surface area is 95.2 Å². The van der Waals surface area contributed by atoms with Crippen molar-refractivity contribution < 1.29 is 0 Å². The Hall–Kier alpha value is -2.03. The van der Waals surface area contributed by atoms with Gasteiger partial charge in [0.15, 0.2) is 0 Å². The molecule has 3 heteroatoms. The van der Waals surface area contributed by atoms with Crippen molar-refractivity contribution in [1.29, 1.82) is 0 Å². The summed E-state index contributed by atoms with van der Waals surface area (Å²) in [5, 5.41) is 4.33. The number of aromatic amines is 1. The number of hydrogen-bond donors (Lipinski definition) is 2. The zero-order valence-electron chi connectivity index (χ0n) is 9.49. The van der Waals surface area contributed by atoms with Crippen molar-refractivity contribution in [3.63, 3.8) is 0 Å². The molecule has 1 aromatic heterocycles. The standard InChI is InChI=1S/C13H15N3/c1-10-6-3-4-7-12(10)16-15-11(2)13-8-5-9-14-13/h3-9,14,16H,1-2H3/b15-11+. The fourth-order valence-corrected chi connectivity index (χ4v) is 1.46. The van der Waals surface area contributed by atoms with E-state index in [0.717, 1.165) is 17.1 Å². The summed E-state index contributed by atoms with van der Waals surface area (Å²) in [4.78, 5) is 3.12. The molecule has 82 valence electrons. The maximum Gasteiger partial charge on any atom is 0.0810 e. The van der Waals surface area contributed by atoms with Gasteiger partial charge in [0.25, 0.3) is 0 Å². The monoisotopic (exact) mass is 213 g/mol. The molecule has 0 aliphatic rings. The molecule has 16 heavy (non-hydrogen) atoms. The third kappa shape index (κ3) is 2.31. The molecule has 0 fully saturated rings. The number of aryl methyl sites for hydroxylation is 1. The van der Waals surface area contributed by atoms with Gasteiger partial charge in [-0.05, 0) is 37.6 Å². The average molecular weight is 213 g/mol. The van der Waals surface area contributed by atoms with Gasteiger partial charge in [-0.2, -0.15) is 5.10 Å². The van der Waals surface area contributed by atoms with Crippen molar-refractivity contribution in [2.75, 3.05) is 5.43 Å². The van der Waals surface area contributed by atoms with Crippen LogP contribution in [0.15, 0.2) is 47.7 Å². The van der Waals surface area contributed by atoms with Crippen LogP contribution in [0.25, 0.3) is 0 Å². The van der Waals surface area contributed by atoms with E-state index in [-0.39, 0.29) is 0 Å². The normalized spacial score (nSPS) is 11.5. The SMILES string of the molecule is C/C(=N\Nc1ccccc1C)c1ccc[nH]1. The number of H-pyrrole nitrogens is 1. The first kappa shape index (κ1) is 10.5. The number of hydrazone groups is 1. The third-order valence-electron chi connectivity index (χ3n) is 2.48. The lowest BCUT2D eigenvalue weighted by molar-refractivity contribution is 1.27. The lowest BCUT2D eigenvalue weighted by atomic mass is 10.2. The van der Waals surface area contributed by atoms with Gasteiger partial charge in [-0.3, -0.25) is 5.43 Å². The largest absolute Gasteiger partial charge is 0.360 e. The molecule has 0 bridgehead atoms. The number of hydrogen-bond acceptors (Lipinski definition) is 2. The first-order chi connectivity index (χ1) is 7.77. The predicted molar refractivity (Wildman–Crippen MR) is 67.8 cm³/mol. The average Bonchev–Trinajstić information content (AvgIpc) is 2.81. The molecule has 3 nitrogen and oxygen atoms in total. The molecule has 2 aromatic rings. The van der Waals surface area contributed by atoms with Gasteiger partial charge in [0.2, 0.25) is 0 Å². The first-order valence-corrected chi connectivity index (χ1v) is 5.27. The maximum atomic E-state index is 4.33. The van der Waals surface area contributed by atoms with Crippen LogP contribution in [0, 0.1) is 6.92 Å². The highest BCUT2D eigenvalue weighted by Crippen LogP contribution is 2.13. The van der Waals surface area contributed by atoms with Gasteiger partial charge in [-0.15, -0.1) is 0 Å². The number of nitrogens with zero attached hydrogens (tertiary/aromatic N) is 1. The van der Waals surface area contributed by atoms with E-state index in [2.05, 4.69) is 28.5 Å². The zero-order valence-corrected chi connectivity index (χ0v) is 9.49. The van der Waals surface area contributed by atoms with E-state index < -0.39 is 0 Å². The smallest absolute Gasteiger partial charge is 0.0810 e. The molecule has 0 atom stereocenters. The van der Waals surface area contributed by atoms with Crippen LogP contribution < -0.4 is 5.43 Å². The highest BCUT2D eigenvalue weighted by atomic mass is 15.3. The Balaban J connectivity index is 2.13. The molecule has 0 radical (unpaired) electrons. The topological polar surface area (TPSA) is 40.2 Å². The summed E-state index contributed by atoms with van der Waals surface area (Å²) in [6.07, 6.45) is 1.89. The van der Waals surface area contributed by atoms with Crippen LogP contribution in [0.4, 0.5) is 5.69 Å². The minimum atomic E-state index is 0.938. The van der Waals surface area contributed by atoms with Gasteiger partial charge >= 0.3 is 0 Å². The minimum absolute atomic E-state index is 0.938. The number of rotatable bonds is 3. The van der Waals surface area contributed by atoms with E-state index in [1.807, 2.05) is 43.5 Å². The molecule has 0 saturated carbocycles. The molecule has 0 aliphatic carbocycles. The van der Waals surface area contributed by atoms with E-state index in [0.29, 0.717) is 0 Å². The fraction of sp³-hybridized carbons (Fsp3) is 0.154. The highest BCUT2D eigenvalue weighted by Gasteiger charge is 1.98. The summed E-state index contributed by atoms with van der Waals surface area (Å²) in [6.45, 7) is 4.03. The van der Waals surface area contributed by atoms with E-state index in [1.54, 1.807) is 0 Å². The van der Waals surface area contributed by atoms with E-state index >= 15 is 0 Å². The Morgan fingerprint density at radius 2 is 2.00 bits per heavy atom. The molecule has 2 N–H and O–H groups in total. The number of para-hydroxylation sites is 1. The number of anilines is 1. The predicted octanol–water partition coefficient (Wildman–Crippen LogP) is 3.16. The van der Waals surface area contributed by atoms with Crippen molar-refractivity contribution >= 4 is 11.4 Å². The van der Waals surface area contributed by atoms with Crippen molar-refractivity contribution in [2.24, 2.45) is 5.10 Å². The van der Waals surface area contributed by atoms with E-state index in [1.165, 1.54) is 5.56 Å². The first-order valence-electron chi connectivity index (χ1n) is 5.27. The van der Waals surface area contributed by atoms with Crippen LogP contribution in [0.3, 0.4) is 0 Å². The lowest BCUT2D eigenvalue weighted by Gasteiger charge is -2.05. The maximum absolute atomic E-state index is 4.33. The van der Waals surface area contributed by atoms with Crippen molar-refractivity contribution in [3.05, 3.63) is 53.9 Å². The molecule has 0 amide bonds. The molecule has 1 aromatic carbocycles. The summed E-state index contributed by atoms with van der Waals surface area (Å²) >= 11 is 0. The molecule has 0 aliphatic heterocycles. The fourth-order valence-electron chi connectivity index (χ4n) is 1.46. The second-order valence-corrected chi connectivity index (χ2v) is 3.71. The van der Waals surface area contributed by atoms with Crippen molar-refractivity contribution in [2.45, 2.75) is 13.8 Å². The molecular formula is C13H15N3. The van der Waals surface area contributed by atoms with Gasteiger partial charge in [0.1, 0.15) is 0 Å². The summed E-state index contributed by atoms with van der Waals surface area (Å²) < 4.78 is 0. The highest BCUT2D eigenvalue weighted by molar-refractivity contribution is 5.97. The quantitative estimate of drug-likeness (QED) is 0.596. The summed E-state index contributed by atoms with van der Waals surface area (Å²) in [5.41, 5.74) is 7.26. The summed E-state index contributed by atoms with van der Waals surface area (Å²) in [6, 6.07) is 12.0. The Morgan fingerprint density at radius 1 is 1.19 bits per heavy atom. The molecule has 0 spiro atoms. The van der Waals surface area contributed by atoms with Gasteiger partial charge in [0.05, 0.1) is 17.1 Å². The Kier molecular flexibility index (Phi) is 3.05. The van der Waals surface area contributed by atoms with Crippen LogP contribution in [-0.4, -0.2) is 10.7 Å². The minimum Gasteiger partial charge on any atom is -0.360 e. The molecule has 0 saturated heterocycles. The van der Waals surface area contributed by atoms with E-state index in [4.69, 9.17) is 0 Å². The van der Waals surface area contributed by atoms with Crippen LogP contribution in [0.2, 0.25) is 0 Å². The van der Waals surface area contributed by atoms with Crippen LogP contribution >= 0.6 is 0 Å². The second-order valence-electron chi connectivity index (χ2n) is 3.71. The lowest BCUT2D eigenvalue weighted by Crippen LogP contribution is -2.00. The second kappa shape index (κ2) is 4.66. The van der Waals surface area contributed by atoms with Crippen LogP contribution in [0.5, 0.6) is 0 Å². The summed E-state index contributed by atoms with van der Waals surface area (Å²) in [5.74, 6) is 0. The summed E-state index contributed by atoms with van der Waals surface area (Å²) in [7, 11) is 0. The van der Waals surface area contributed by atoms with Crippen LogP contribution in [-0.2, 0) is 0 Å². The van der Waals surface area contributed by atoms with Gasteiger partial charge in [-0.1, -0.05) is 18.2 Å². The van der Waals surface area contributed by atoms with Gasteiger partial charge in [0, 0.05) is 6.20 Å². The van der Waals surface area contributed by atoms with Gasteiger partial charge in [-0.25, -0.2) is 0 Å². The number of nitrogens with one attached hydrogen (secondary N) is 2. The third-order valence-corrected chi connectivity index (χ3v) is 2.48. The number of benzene rings is 1. The van der Waals surface area contributed by atoms with Gasteiger partial charge < -0.3 is 4.98 Å². The number of aromatic nitrogens is 1. The molecule has 0 unspecified atom stereocenters. The van der Waals surface area contributed by atoms with Crippen LogP contribution in [0.1, 0.15) is 18.2 Å². The Morgan fingerprint density at radius 3 is 2.69 bits per heavy atom.